The highest BCUT2D eigenvalue weighted by Crippen LogP contribution is 2.57. The third kappa shape index (κ3) is 1.71. The van der Waals surface area contributed by atoms with Crippen molar-refractivity contribution in [2.75, 3.05) is 0 Å². The first-order valence-corrected chi connectivity index (χ1v) is 6.06. The Balaban J connectivity index is 1.59. The zero-order chi connectivity index (χ0) is 10.3. The van der Waals surface area contributed by atoms with Gasteiger partial charge in [-0.15, -0.1) is 0 Å². The van der Waals surface area contributed by atoms with Crippen molar-refractivity contribution in [1.82, 2.24) is 0 Å². The van der Waals surface area contributed by atoms with Crippen LogP contribution in [-0.2, 0) is 6.42 Å². The number of hydrogen-bond acceptors (Lipinski definition) is 2. The minimum absolute atomic E-state index is 0.177. The van der Waals surface area contributed by atoms with Crippen molar-refractivity contribution in [3.63, 3.8) is 0 Å². The van der Waals surface area contributed by atoms with Gasteiger partial charge >= 0.3 is 0 Å². The van der Waals surface area contributed by atoms with Crippen LogP contribution in [0, 0.1) is 17.8 Å². The summed E-state index contributed by atoms with van der Waals surface area (Å²) in [6.45, 7) is 0. The average molecular weight is 206 g/mol. The monoisotopic (exact) mass is 206 g/mol. The van der Waals surface area contributed by atoms with E-state index in [1.807, 2.05) is 12.1 Å². The fraction of sp³-hybridized carbons (Fsp3) is 0.692. The van der Waals surface area contributed by atoms with Gasteiger partial charge in [-0.2, -0.15) is 0 Å². The third-order valence-electron chi connectivity index (χ3n) is 4.16. The van der Waals surface area contributed by atoms with Crippen molar-refractivity contribution < 1.29 is 9.52 Å². The van der Waals surface area contributed by atoms with Gasteiger partial charge in [-0.25, -0.2) is 0 Å². The predicted molar refractivity (Wildman–Crippen MR) is 57.4 cm³/mol. The number of hydrogen-bond donors (Lipinski definition) is 1. The van der Waals surface area contributed by atoms with E-state index >= 15 is 0 Å². The van der Waals surface area contributed by atoms with Crippen molar-refractivity contribution in [3.8, 4) is 0 Å². The summed E-state index contributed by atoms with van der Waals surface area (Å²) in [5.41, 5.74) is 0. The molecule has 0 bridgehead atoms. The van der Waals surface area contributed by atoms with Gasteiger partial charge < -0.3 is 9.52 Å². The van der Waals surface area contributed by atoms with E-state index in [1.165, 1.54) is 25.7 Å². The molecule has 0 amide bonds. The van der Waals surface area contributed by atoms with Crippen molar-refractivity contribution in [1.29, 1.82) is 0 Å². The summed E-state index contributed by atoms with van der Waals surface area (Å²) < 4.78 is 5.28. The van der Waals surface area contributed by atoms with E-state index in [-0.39, 0.29) is 6.10 Å². The number of aliphatic hydroxyl groups is 1. The summed E-state index contributed by atoms with van der Waals surface area (Å²) >= 11 is 0. The van der Waals surface area contributed by atoms with Crippen LogP contribution in [0.3, 0.4) is 0 Å². The van der Waals surface area contributed by atoms with Gasteiger partial charge in [0.05, 0.1) is 12.4 Å². The maximum atomic E-state index is 10.1. The fourth-order valence-electron chi connectivity index (χ4n) is 3.39. The molecule has 1 aromatic heterocycles. The zero-order valence-corrected chi connectivity index (χ0v) is 8.93. The van der Waals surface area contributed by atoms with E-state index in [4.69, 9.17) is 4.42 Å². The topological polar surface area (TPSA) is 33.4 Å². The molecule has 3 rings (SSSR count). The molecule has 2 aliphatic carbocycles. The summed E-state index contributed by atoms with van der Waals surface area (Å²) in [7, 11) is 0. The molecule has 1 N–H and O–H groups in total. The van der Waals surface area contributed by atoms with Crippen molar-refractivity contribution in [2.24, 2.45) is 17.8 Å². The third-order valence-corrected chi connectivity index (χ3v) is 4.16. The Kier molecular flexibility index (Phi) is 2.32. The van der Waals surface area contributed by atoms with Crippen LogP contribution in [0.25, 0.3) is 0 Å². The second-order valence-electron chi connectivity index (χ2n) is 5.04. The minimum Gasteiger partial charge on any atom is -0.469 e. The van der Waals surface area contributed by atoms with Crippen molar-refractivity contribution in [2.45, 2.75) is 38.2 Å². The Morgan fingerprint density at radius 2 is 2.07 bits per heavy atom. The molecule has 82 valence electrons. The quantitative estimate of drug-likeness (QED) is 0.824. The van der Waals surface area contributed by atoms with Gasteiger partial charge in [0.2, 0.25) is 0 Å². The van der Waals surface area contributed by atoms with Gasteiger partial charge in [0.25, 0.3) is 0 Å². The van der Waals surface area contributed by atoms with Crippen LogP contribution >= 0.6 is 0 Å². The lowest BCUT2D eigenvalue weighted by molar-refractivity contribution is 0.134. The van der Waals surface area contributed by atoms with Gasteiger partial charge in [0.15, 0.2) is 0 Å². The number of rotatable bonds is 3. The van der Waals surface area contributed by atoms with Gasteiger partial charge in [0, 0.05) is 6.42 Å². The smallest absolute Gasteiger partial charge is 0.106 e. The second-order valence-corrected chi connectivity index (χ2v) is 5.04. The molecule has 0 aliphatic heterocycles. The van der Waals surface area contributed by atoms with Crippen LogP contribution in [0.15, 0.2) is 22.8 Å². The molecule has 0 saturated heterocycles. The summed E-state index contributed by atoms with van der Waals surface area (Å²) in [6, 6.07) is 3.84. The summed E-state index contributed by atoms with van der Waals surface area (Å²) in [6.07, 6.45) is 7.61. The molecule has 1 heterocycles. The first-order chi connectivity index (χ1) is 7.36. The number of aliphatic hydroxyl groups excluding tert-OH is 1. The molecular formula is C13H18O2. The van der Waals surface area contributed by atoms with E-state index < -0.39 is 0 Å². The Morgan fingerprint density at radius 3 is 2.67 bits per heavy atom. The van der Waals surface area contributed by atoms with Crippen LogP contribution in [0.2, 0.25) is 0 Å². The molecule has 1 aromatic rings. The molecule has 3 atom stereocenters. The van der Waals surface area contributed by atoms with Gasteiger partial charge in [-0.05, 0) is 42.7 Å². The van der Waals surface area contributed by atoms with E-state index in [2.05, 4.69) is 0 Å². The lowest BCUT2D eigenvalue weighted by Gasteiger charge is -2.07. The summed E-state index contributed by atoms with van der Waals surface area (Å²) in [5, 5.41) is 10.1. The van der Waals surface area contributed by atoms with Gasteiger partial charge in [-0.1, -0.05) is 12.8 Å². The first kappa shape index (κ1) is 9.46. The Hall–Kier alpha value is -0.760. The SMILES string of the molecule is OC(Cc1ccco1)C1C2CCCCC21. The van der Waals surface area contributed by atoms with Crippen LogP contribution in [-0.4, -0.2) is 11.2 Å². The molecule has 2 nitrogen and oxygen atoms in total. The maximum Gasteiger partial charge on any atom is 0.106 e. The van der Waals surface area contributed by atoms with E-state index in [9.17, 15) is 5.11 Å². The predicted octanol–water partition coefficient (Wildman–Crippen LogP) is 2.62. The van der Waals surface area contributed by atoms with Crippen LogP contribution in [0.5, 0.6) is 0 Å². The highest BCUT2D eigenvalue weighted by atomic mass is 16.3. The molecule has 15 heavy (non-hydrogen) atoms. The normalized spacial score (nSPS) is 35.9. The molecule has 3 unspecified atom stereocenters. The lowest BCUT2D eigenvalue weighted by Crippen LogP contribution is -2.14. The largest absolute Gasteiger partial charge is 0.469 e. The first-order valence-electron chi connectivity index (χ1n) is 6.06. The summed E-state index contributed by atoms with van der Waals surface area (Å²) in [4.78, 5) is 0. The molecule has 2 saturated carbocycles. The van der Waals surface area contributed by atoms with E-state index in [0.29, 0.717) is 12.3 Å². The summed E-state index contributed by atoms with van der Waals surface area (Å²) in [5.74, 6) is 3.14. The fourth-order valence-corrected chi connectivity index (χ4v) is 3.39. The molecule has 2 heteroatoms. The van der Waals surface area contributed by atoms with Crippen LogP contribution < -0.4 is 0 Å². The average Bonchev–Trinajstić information content (AvgIpc) is 2.77. The molecule has 0 spiro atoms. The maximum absolute atomic E-state index is 10.1. The van der Waals surface area contributed by atoms with Gasteiger partial charge in [-0.3, -0.25) is 0 Å². The minimum atomic E-state index is -0.177. The molecular weight excluding hydrogens is 188 g/mol. The van der Waals surface area contributed by atoms with Gasteiger partial charge in [0.1, 0.15) is 5.76 Å². The Labute approximate surface area is 90.3 Å². The lowest BCUT2D eigenvalue weighted by atomic mass is 10.0. The Bertz CT molecular complexity index is 305. The molecule has 2 aliphatic rings. The van der Waals surface area contributed by atoms with E-state index in [1.54, 1.807) is 6.26 Å². The zero-order valence-electron chi connectivity index (χ0n) is 8.93. The number of furan rings is 1. The van der Waals surface area contributed by atoms with Crippen molar-refractivity contribution in [3.05, 3.63) is 24.2 Å². The van der Waals surface area contributed by atoms with E-state index in [0.717, 1.165) is 17.6 Å². The molecule has 0 aromatic carbocycles. The Morgan fingerprint density at radius 1 is 1.33 bits per heavy atom. The van der Waals surface area contributed by atoms with Crippen LogP contribution in [0.1, 0.15) is 31.4 Å². The highest BCUT2D eigenvalue weighted by Gasteiger charge is 2.53. The van der Waals surface area contributed by atoms with Crippen molar-refractivity contribution >= 4 is 0 Å². The standard InChI is InChI=1S/C13H18O2/c14-12(8-9-4-3-7-15-9)13-10-5-1-2-6-11(10)13/h3-4,7,10-14H,1-2,5-6,8H2. The number of fused-ring (bicyclic) bond motifs is 1. The highest BCUT2D eigenvalue weighted by molar-refractivity contribution is 5.07. The molecule has 0 radical (unpaired) electrons. The molecule has 2 fully saturated rings. The second kappa shape index (κ2) is 3.67. The van der Waals surface area contributed by atoms with Crippen LogP contribution in [0.4, 0.5) is 0 Å².